The third-order valence-corrected chi connectivity index (χ3v) is 3.36. The predicted octanol–water partition coefficient (Wildman–Crippen LogP) is 3.32. The maximum atomic E-state index is 12.3. The van der Waals surface area contributed by atoms with Crippen LogP contribution in [0.5, 0.6) is 11.5 Å². The van der Waals surface area contributed by atoms with Gasteiger partial charge in [0.05, 0.1) is 12.7 Å². The number of alkyl halides is 2. The van der Waals surface area contributed by atoms with Crippen LogP contribution in [0, 0.1) is 0 Å². The highest BCUT2D eigenvalue weighted by atomic mass is 35.5. The second kappa shape index (κ2) is 8.44. The molecule has 128 valence electrons. The Morgan fingerprint density at radius 2 is 2.08 bits per heavy atom. The summed E-state index contributed by atoms with van der Waals surface area (Å²) in [6.07, 6.45) is 1.88. The van der Waals surface area contributed by atoms with E-state index in [0.29, 0.717) is 23.7 Å². The Balaban J connectivity index is 1.92. The molecule has 1 aromatic heterocycles. The summed E-state index contributed by atoms with van der Waals surface area (Å²) in [6, 6.07) is 7.74. The van der Waals surface area contributed by atoms with Crippen LogP contribution in [-0.2, 0) is 6.42 Å². The van der Waals surface area contributed by atoms with E-state index in [-0.39, 0.29) is 17.4 Å². The van der Waals surface area contributed by atoms with E-state index >= 15 is 0 Å². The number of ether oxygens (including phenoxy) is 2. The molecule has 1 N–H and O–H groups in total. The monoisotopic (exact) mass is 356 g/mol. The van der Waals surface area contributed by atoms with Gasteiger partial charge in [-0.05, 0) is 36.2 Å². The van der Waals surface area contributed by atoms with Crippen LogP contribution in [0.3, 0.4) is 0 Å². The van der Waals surface area contributed by atoms with Crippen molar-refractivity contribution in [3.05, 3.63) is 52.8 Å². The van der Waals surface area contributed by atoms with E-state index in [4.69, 9.17) is 16.3 Å². The van der Waals surface area contributed by atoms with Crippen molar-refractivity contribution in [3.8, 4) is 11.5 Å². The minimum Gasteiger partial charge on any atom is -0.493 e. The first-order chi connectivity index (χ1) is 11.5. The summed E-state index contributed by atoms with van der Waals surface area (Å²) >= 11 is 5.66. The minimum absolute atomic E-state index is 0.0347. The van der Waals surface area contributed by atoms with Crippen molar-refractivity contribution >= 4 is 17.5 Å². The topological polar surface area (TPSA) is 60.5 Å². The molecule has 0 radical (unpaired) electrons. The number of amides is 1. The van der Waals surface area contributed by atoms with Gasteiger partial charge in [0.15, 0.2) is 11.5 Å². The molecule has 1 heterocycles. The van der Waals surface area contributed by atoms with Gasteiger partial charge in [0, 0.05) is 12.7 Å². The molecule has 8 heteroatoms. The average molecular weight is 357 g/mol. The lowest BCUT2D eigenvalue weighted by Crippen LogP contribution is -2.25. The van der Waals surface area contributed by atoms with Gasteiger partial charge in [-0.15, -0.1) is 0 Å². The maximum Gasteiger partial charge on any atom is 0.387 e. The van der Waals surface area contributed by atoms with Crippen molar-refractivity contribution in [1.29, 1.82) is 0 Å². The van der Waals surface area contributed by atoms with Crippen LogP contribution in [-0.4, -0.2) is 31.2 Å². The van der Waals surface area contributed by atoms with Gasteiger partial charge >= 0.3 is 6.61 Å². The molecule has 1 amide bonds. The Kier molecular flexibility index (Phi) is 6.31. The van der Waals surface area contributed by atoms with Crippen LogP contribution >= 0.6 is 11.6 Å². The Morgan fingerprint density at radius 1 is 1.29 bits per heavy atom. The van der Waals surface area contributed by atoms with Crippen molar-refractivity contribution in [3.63, 3.8) is 0 Å². The van der Waals surface area contributed by atoms with E-state index in [9.17, 15) is 13.6 Å². The average Bonchev–Trinajstić information content (AvgIpc) is 2.56. The third kappa shape index (κ3) is 5.06. The molecule has 0 atom stereocenters. The lowest BCUT2D eigenvalue weighted by atomic mass is 10.1. The molecule has 0 aliphatic heterocycles. The first-order valence-electron chi connectivity index (χ1n) is 7.01. The zero-order valence-electron chi connectivity index (χ0n) is 12.8. The molecule has 0 saturated heterocycles. The Bertz CT molecular complexity index is 696. The summed E-state index contributed by atoms with van der Waals surface area (Å²) in [5, 5.41) is 3.05. The van der Waals surface area contributed by atoms with Crippen molar-refractivity contribution < 1.29 is 23.0 Å². The van der Waals surface area contributed by atoms with Crippen LogP contribution in [0.1, 0.15) is 15.9 Å². The molecule has 0 fully saturated rings. The summed E-state index contributed by atoms with van der Waals surface area (Å²) in [5.41, 5.74) is 1.21. The highest BCUT2D eigenvalue weighted by molar-refractivity contribution is 6.29. The molecule has 0 unspecified atom stereocenters. The SMILES string of the molecule is COc1cc(CCNC(=O)c2ccc(Cl)nc2)ccc1OC(F)F. The van der Waals surface area contributed by atoms with E-state index in [1.807, 2.05) is 0 Å². The number of halogens is 3. The van der Waals surface area contributed by atoms with E-state index in [1.54, 1.807) is 18.2 Å². The first-order valence-corrected chi connectivity index (χ1v) is 7.39. The van der Waals surface area contributed by atoms with Gasteiger partial charge in [-0.2, -0.15) is 8.78 Å². The van der Waals surface area contributed by atoms with E-state index in [2.05, 4.69) is 15.0 Å². The number of carbonyl (C=O) groups excluding carboxylic acids is 1. The van der Waals surface area contributed by atoms with E-state index < -0.39 is 6.61 Å². The Hall–Kier alpha value is -2.41. The van der Waals surface area contributed by atoms with Crippen molar-refractivity contribution in [2.45, 2.75) is 13.0 Å². The third-order valence-electron chi connectivity index (χ3n) is 3.13. The summed E-state index contributed by atoms with van der Waals surface area (Å²) in [5.74, 6) is -0.0997. The fourth-order valence-electron chi connectivity index (χ4n) is 1.99. The highest BCUT2D eigenvalue weighted by Crippen LogP contribution is 2.29. The fourth-order valence-corrected chi connectivity index (χ4v) is 2.11. The molecular formula is C16H15ClF2N2O3. The number of hydrogen-bond acceptors (Lipinski definition) is 4. The number of nitrogens with zero attached hydrogens (tertiary/aromatic N) is 1. The number of methoxy groups -OCH3 is 1. The second-order valence-corrected chi connectivity index (χ2v) is 5.13. The van der Waals surface area contributed by atoms with Gasteiger partial charge in [0.2, 0.25) is 0 Å². The number of nitrogens with one attached hydrogen (secondary N) is 1. The lowest BCUT2D eigenvalue weighted by molar-refractivity contribution is -0.0512. The van der Waals surface area contributed by atoms with Gasteiger partial charge in [-0.1, -0.05) is 17.7 Å². The van der Waals surface area contributed by atoms with E-state index in [1.165, 1.54) is 25.4 Å². The van der Waals surface area contributed by atoms with Crippen molar-refractivity contribution in [2.75, 3.05) is 13.7 Å². The number of hydrogen-bond donors (Lipinski definition) is 1. The van der Waals surface area contributed by atoms with Gasteiger partial charge in [0.25, 0.3) is 5.91 Å². The van der Waals surface area contributed by atoms with Gasteiger partial charge < -0.3 is 14.8 Å². The number of aromatic nitrogens is 1. The predicted molar refractivity (Wildman–Crippen MR) is 84.9 cm³/mol. The molecule has 5 nitrogen and oxygen atoms in total. The minimum atomic E-state index is -2.92. The summed E-state index contributed by atoms with van der Waals surface area (Å²) in [6.45, 7) is -2.56. The van der Waals surface area contributed by atoms with Crippen LogP contribution in [0.4, 0.5) is 8.78 Å². The van der Waals surface area contributed by atoms with Crippen LogP contribution in [0.25, 0.3) is 0 Å². The molecule has 0 bridgehead atoms. The number of carbonyl (C=O) groups is 1. The largest absolute Gasteiger partial charge is 0.493 e. The molecule has 1 aromatic carbocycles. The smallest absolute Gasteiger partial charge is 0.387 e. The first kappa shape index (κ1) is 17.9. The van der Waals surface area contributed by atoms with Crippen LogP contribution in [0.15, 0.2) is 36.5 Å². The lowest BCUT2D eigenvalue weighted by Gasteiger charge is -2.11. The maximum absolute atomic E-state index is 12.3. The standard InChI is InChI=1S/C16H15ClF2N2O3/c1-23-13-8-10(2-4-12(13)24-16(18)19)6-7-20-15(22)11-3-5-14(17)21-9-11/h2-5,8-9,16H,6-7H2,1H3,(H,20,22). The molecule has 0 spiro atoms. The molecule has 0 aliphatic rings. The number of rotatable bonds is 7. The Morgan fingerprint density at radius 3 is 2.71 bits per heavy atom. The fraction of sp³-hybridized carbons (Fsp3) is 0.250. The highest BCUT2D eigenvalue weighted by Gasteiger charge is 2.11. The summed E-state index contributed by atoms with van der Waals surface area (Å²) in [4.78, 5) is 15.8. The molecule has 0 aliphatic carbocycles. The van der Waals surface area contributed by atoms with Gasteiger partial charge in [0.1, 0.15) is 5.15 Å². The molecule has 24 heavy (non-hydrogen) atoms. The Labute approximate surface area is 142 Å². The van der Waals surface area contributed by atoms with Gasteiger partial charge in [-0.25, -0.2) is 4.98 Å². The van der Waals surface area contributed by atoms with Crippen molar-refractivity contribution in [1.82, 2.24) is 10.3 Å². The normalized spacial score (nSPS) is 10.5. The van der Waals surface area contributed by atoms with Crippen molar-refractivity contribution in [2.24, 2.45) is 0 Å². The second-order valence-electron chi connectivity index (χ2n) is 4.74. The van der Waals surface area contributed by atoms with Crippen LogP contribution < -0.4 is 14.8 Å². The summed E-state index contributed by atoms with van der Waals surface area (Å²) in [7, 11) is 1.37. The number of pyridine rings is 1. The zero-order valence-corrected chi connectivity index (χ0v) is 13.5. The molecule has 2 aromatic rings. The number of benzene rings is 1. The van der Waals surface area contributed by atoms with Gasteiger partial charge in [-0.3, -0.25) is 4.79 Å². The molecular weight excluding hydrogens is 342 g/mol. The molecule has 0 saturated carbocycles. The van der Waals surface area contributed by atoms with Crippen LogP contribution in [0.2, 0.25) is 5.15 Å². The summed E-state index contributed by atoms with van der Waals surface area (Å²) < 4.78 is 33.9. The molecule has 2 rings (SSSR count). The quantitative estimate of drug-likeness (QED) is 0.773. The zero-order chi connectivity index (χ0) is 17.5. The van der Waals surface area contributed by atoms with E-state index in [0.717, 1.165) is 5.56 Å².